The lowest BCUT2D eigenvalue weighted by molar-refractivity contribution is -0.146. The molecule has 0 bridgehead atoms. The largest absolute Gasteiger partial charge is 0.465 e. The second kappa shape index (κ2) is 8.45. The molecule has 0 fully saturated rings. The minimum Gasteiger partial charge on any atom is -0.465 e. The average Bonchev–Trinajstić information content (AvgIpc) is 3.03. The van der Waals surface area contributed by atoms with E-state index < -0.39 is 33.4 Å². The van der Waals surface area contributed by atoms with Crippen molar-refractivity contribution in [3.63, 3.8) is 0 Å². The Morgan fingerprint density at radius 1 is 1.54 bits per heavy atom. The topological polar surface area (TPSA) is 65.0 Å². The third kappa shape index (κ3) is 4.31. The van der Waals surface area contributed by atoms with Crippen LogP contribution in [0.15, 0.2) is 23.4 Å². The summed E-state index contributed by atoms with van der Waals surface area (Å²) in [4.78, 5) is 17.6. The number of hydrogen-bond acceptors (Lipinski definition) is 5. The van der Waals surface area contributed by atoms with Gasteiger partial charge in [-0.05, 0) is 39.0 Å². The molecule has 26 heavy (non-hydrogen) atoms. The van der Waals surface area contributed by atoms with Crippen LogP contribution in [0.1, 0.15) is 44.7 Å². The van der Waals surface area contributed by atoms with E-state index in [-0.39, 0.29) is 13.0 Å². The minimum absolute atomic E-state index is 0.170. The van der Waals surface area contributed by atoms with E-state index in [1.54, 1.807) is 32.9 Å². The number of carbonyl (C=O) groups excluding carboxylic acids is 1. The summed E-state index contributed by atoms with van der Waals surface area (Å²) in [7, 11) is -1.46. The Hall–Kier alpha value is -2.20. The van der Waals surface area contributed by atoms with Gasteiger partial charge in [-0.2, -0.15) is 0 Å². The average molecular weight is 379 g/mol. The maximum absolute atomic E-state index is 14.3. The highest BCUT2D eigenvalue weighted by Crippen LogP contribution is 2.29. The monoisotopic (exact) mass is 379 g/mol. The van der Waals surface area contributed by atoms with Gasteiger partial charge in [0.05, 0.1) is 12.3 Å². The highest BCUT2D eigenvalue weighted by atomic mass is 32.2. The number of nitrogens with zero attached hydrogens (tertiary/aromatic N) is 1. The maximum atomic E-state index is 14.3. The molecule has 5 nitrogen and oxygen atoms in total. The molecule has 140 valence electrons. The van der Waals surface area contributed by atoms with Crippen LogP contribution in [0.4, 0.5) is 4.39 Å². The zero-order valence-electron chi connectivity index (χ0n) is 15.3. The number of carbonyl (C=O) groups is 1. The summed E-state index contributed by atoms with van der Waals surface area (Å²) < 4.78 is 30.3. The van der Waals surface area contributed by atoms with Crippen molar-refractivity contribution >= 4 is 22.5 Å². The number of esters is 1. The molecular weight excluding hydrogens is 357 g/mol. The fraction of sp³-hybridized carbons (Fsp3) is 0.474. The van der Waals surface area contributed by atoms with E-state index in [0.29, 0.717) is 23.3 Å². The molecule has 0 amide bonds. The van der Waals surface area contributed by atoms with E-state index in [1.807, 2.05) is 0 Å². The second-order valence-corrected chi connectivity index (χ2v) is 7.96. The third-order valence-corrected chi connectivity index (χ3v) is 5.84. The molecule has 1 aliphatic heterocycles. The first-order valence-electron chi connectivity index (χ1n) is 8.28. The van der Waals surface area contributed by atoms with Crippen molar-refractivity contribution in [3.8, 4) is 11.8 Å². The lowest BCUT2D eigenvalue weighted by Crippen LogP contribution is -2.44. The molecule has 0 aromatic heterocycles. The molecule has 0 radical (unpaired) electrons. The maximum Gasteiger partial charge on any atom is 0.324 e. The molecule has 0 aliphatic carbocycles. The molecule has 1 aliphatic rings. The molecule has 1 aromatic rings. The summed E-state index contributed by atoms with van der Waals surface area (Å²) in [5.74, 6) is 4.55. The number of halogens is 1. The zero-order chi connectivity index (χ0) is 19.3. The Morgan fingerprint density at radius 2 is 2.27 bits per heavy atom. The quantitative estimate of drug-likeness (QED) is 0.563. The fourth-order valence-corrected chi connectivity index (χ4v) is 3.42. The molecule has 0 N–H and O–H groups in total. The predicted octanol–water partition coefficient (Wildman–Crippen LogP) is 2.78. The molecule has 3 atom stereocenters. The van der Waals surface area contributed by atoms with Gasteiger partial charge in [0.25, 0.3) is 0 Å². The van der Waals surface area contributed by atoms with Gasteiger partial charge in [0, 0.05) is 41.0 Å². The molecule has 3 unspecified atom stereocenters. The van der Waals surface area contributed by atoms with Gasteiger partial charge in [-0.1, -0.05) is 11.1 Å². The van der Waals surface area contributed by atoms with Gasteiger partial charge in [0.2, 0.25) is 0 Å². The Morgan fingerprint density at radius 3 is 2.85 bits per heavy atom. The molecule has 0 saturated heterocycles. The Labute approximate surface area is 155 Å². The number of ether oxygens (including phenoxy) is 1. The lowest BCUT2D eigenvalue weighted by atomic mass is 9.96. The van der Waals surface area contributed by atoms with Crippen molar-refractivity contribution in [3.05, 3.63) is 35.1 Å². The van der Waals surface area contributed by atoms with Crippen LogP contribution < -0.4 is 0 Å². The van der Waals surface area contributed by atoms with E-state index in [2.05, 4.69) is 17.0 Å². The van der Waals surface area contributed by atoms with Crippen molar-refractivity contribution in [1.29, 1.82) is 0 Å². The molecule has 1 heterocycles. The molecule has 0 saturated carbocycles. The SMILES string of the molecule is CC#Cc1ccc(C2=NOC(CC(C)(C(=O)OCC)S(C)=O)C2)c(F)c1. The summed E-state index contributed by atoms with van der Waals surface area (Å²) >= 11 is 0. The van der Waals surface area contributed by atoms with E-state index in [1.165, 1.54) is 12.3 Å². The fourth-order valence-electron chi connectivity index (χ4n) is 2.70. The van der Waals surface area contributed by atoms with Gasteiger partial charge in [0.1, 0.15) is 16.7 Å². The van der Waals surface area contributed by atoms with Crippen LogP contribution >= 0.6 is 0 Å². The van der Waals surface area contributed by atoms with Crippen LogP contribution in [-0.2, 0) is 25.2 Å². The van der Waals surface area contributed by atoms with Gasteiger partial charge in [-0.25, -0.2) is 4.39 Å². The normalized spacial score (nSPS) is 19.4. The van der Waals surface area contributed by atoms with Crippen molar-refractivity contribution in [1.82, 2.24) is 0 Å². The Kier molecular flexibility index (Phi) is 6.54. The van der Waals surface area contributed by atoms with Crippen LogP contribution in [0, 0.1) is 17.7 Å². The van der Waals surface area contributed by atoms with Crippen molar-refractivity contribution in [2.75, 3.05) is 12.9 Å². The minimum atomic E-state index is -1.46. The van der Waals surface area contributed by atoms with Crippen LogP contribution in [0.2, 0.25) is 0 Å². The number of benzene rings is 1. The van der Waals surface area contributed by atoms with Gasteiger partial charge in [-0.15, -0.1) is 5.92 Å². The van der Waals surface area contributed by atoms with Gasteiger partial charge >= 0.3 is 5.97 Å². The summed E-state index contributed by atoms with van der Waals surface area (Å²) in [6.07, 6.45) is 1.48. The highest BCUT2D eigenvalue weighted by Gasteiger charge is 2.43. The van der Waals surface area contributed by atoms with Gasteiger partial charge < -0.3 is 9.57 Å². The molecule has 0 spiro atoms. The molecular formula is C19H22FNO4S. The van der Waals surface area contributed by atoms with Crippen molar-refractivity contribution < 1.29 is 23.0 Å². The summed E-state index contributed by atoms with van der Waals surface area (Å²) in [5.41, 5.74) is 1.38. The highest BCUT2D eigenvalue weighted by molar-refractivity contribution is 7.86. The first-order valence-corrected chi connectivity index (χ1v) is 9.83. The van der Waals surface area contributed by atoms with Crippen molar-refractivity contribution in [2.45, 2.75) is 44.5 Å². The second-order valence-electron chi connectivity index (χ2n) is 6.15. The molecule has 1 aromatic carbocycles. The van der Waals surface area contributed by atoms with Gasteiger partial charge in [-0.3, -0.25) is 9.00 Å². The molecule has 7 heteroatoms. The van der Waals surface area contributed by atoms with Crippen LogP contribution in [0.25, 0.3) is 0 Å². The number of oxime groups is 1. The number of rotatable bonds is 6. The van der Waals surface area contributed by atoms with E-state index in [4.69, 9.17) is 9.57 Å². The summed E-state index contributed by atoms with van der Waals surface area (Å²) in [5, 5.41) is 3.96. The van der Waals surface area contributed by atoms with Gasteiger partial charge in [0.15, 0.2) is 0 Å². The number of hydrogen-bond donors (Lipinski definition) is 0. The Balaban J connectivity index is 2.13. The standard InChI is InChI=1S/C19H22FNO4S/c1-5-7-13-8-9-15(16(20)10-13)17-11-14(25-21-17)12-19(3,26(4)23)18(22)24-6-2/h8-10,14H,6,11-12H2,1-4H3. The molecule has 2 rings (SSSR count). The summed E-state index contributed by atoms with van der Waals surface area (Å²) in [6, 6.07) is 4.68. The van der Waals surface area contributed by atoms with E-state index in [9.17, 15) is 13.4 Å². The van der Waals surface area contributed by atoms with E-state index >= 15 is 0 Å². The first-order chi connectivity index (χ1) is 12.3. The van der Waals surface area contributed by atoms with Crippen molar-refractivity contribution in [2.24, 2.45) is 5.16 Å². The lowest BCUT2D eigenvalue weighted by Gasteiger charge is -2.26. The summed E-state index contributed by atoms with van der Waals surface area (Å²) in [6.45, 7) is 5.17. The van der Waals surface area contributed by atoms with Crippen LogP contribution in [0.3, 0.4) is 0 Å². The Bertz CT molecular complexity index is 811. The third-order valence-electron chi connectivity index (χ3n) is 4.24. The smallest absolute Gasteiger partial charge is 0.324 e. The first kappa shape index (κ1) is 20.1. The van der Waals surface area contributed by atoms with E-state index in [0.717, 1.165) is 0 Å². The van der Waals surface area contributed by atoms with Crippen LogP contribution in [-0.4, -0.2) is 39.6 Å². The van der Waals surface area contributed by atoms with Crippen LogP contribution in [0.5, 0.6) is 0 Å². The zero-order valence-corrected chi connectivity index (χ0v) is 16.1. The predicted molar refractivity (Wildman–Crippen MR) is 98.7 cm³/mol.